The quantitative estimate of drug-likeness (QED) is 0.252. The zero-order chi connectivity index (χ0) is 29.8. The molecule has 212 valence electrons. The lowest BCUT2D eigenvalue weighted by atomic mass is 10.00. The van der Waals surface area contributed by atoms with Crippen molar-refractivity contribution in [3.63, 3.8) is 0 Å². The van der Waals surface area contributed by atoms with Crippen molar-refractivity contribution in [1.29, 1.82) is 0 Å². The number of nitrogens with zero attached hydrogens (tertiary/aromatic N) is 2. The van der Waals surface area contributed by atoms with Crippen LogP contribution in [0.2, 0.25) is 0 Å². The normalized spacial score (nSPS) is 13.8. The van der Waals surface area contributed by atoms with Gasteiger partial charge in [0.15, 0.2) is 0 Å². The number of aryl methyl sites for hydroxylation is 2. The topological polar surface area (TPSA) is 86.8 Å². The van der Waals surface area contributed by atoms with Gasteiger partial charge in [-0.15, -0.1) is 0 Å². The van der Waals surface area contributed by atoms with Crippen LogP contribution in [0.5, 0.6) is 0 Å². The number of carbonyl (C=O) groups excluding carboxylic acids is 4. The number of para-hydroxylation sites is 1. The summed E-state index contributed by atoms with van der Waals surface area (Å²) in [6, 6.07) is 28.7. The number of imide groups is 1. The first-order valence-electron chi connectivity index (χ1n) is 14.0. The van der Waals surface area contributed by atoms with E-state index in [9.17, 15) is 19.2 Å². The lowest BCUT2D eigenvalue weighted by molar-refractivity contribution is -0.143. The van der Waals surface area contributed by atoms with Crippen LogP contribution < -0.4 is 5.32 Å². The maximum Gasteiger partial charge on any atom is 0.262 e. The fraction of sp³-hybridized carbons (Fsp3) is 0.200. The molecule has 0 aromatic heterocycles. The highest BCUT2D eigenvalue weighted by molar-refractivity contribution is 6.23. The number of amides is 4. The Labute approximate surface area is 245 Å². The van der Waals surface area contributed by atoms with Gasteiger partial charge < -0.3 is 10.2 Å². The molecule has 42 heavy (non-hydrogen) atoms. The number of benzene rings is 4. The van der Waals surface area contributed by atoms with Gasteiger partial charge in [-0.3, -0.25) is 24.1 Å². The van der Waals surface area contributed by atoms with Gasteiger partial charge in [0.05, 0.1) is 11.1 Å². The molecule has 0 bridgehead atoms. The first-order chi connectivity index (χ1) is 20.3. The van der Waals surface area contributed by atoms with Gasteiger partial charge in [-0.25, -0.2) is 0 Å². The van der Waals surface area contributed by atoms with Gasteiger partial charge >= 0.3 is 0 Å². The number of carbonyl (C=O) groups is 4. The molecule has 5 rings (SSSR count). The Morgan fingerprint density at radius 3 is 1.81 bits per heavy atom. The molecule has 0 aliphatic carbocycles. The second kappa shape index (κ2) is 12.2. The van der Waals surface area contributed by atoms with E-state index >= 15 is 0 Å². The van der Waals surface area contributed by atoms with Gasteiger partial charge in [-0.2, -0.15) is 0 Å². The van der Waals surface area contributed by atoms with Crippen LogP contribution in [-0.2, 0) is 16.1 Å². The highest BCUT2D eigenvalue weighted by Gasteiger charge is 2.45. The van der Waals surface area contributed by atoms with E-state index in [0.29, 0.717) is 11.3 Å². The molecule has 7 heteroatoms. The van der Waals surface area contributed by atoms with Crippen LogP contribution in [0.25, 0.3) is 0 Å². The largest absolute Gasteiger partial charge is 0.323 e. The summed E-state index contributed by atoms with van der Waals surface area (Å²) in [6.45, 7) is 5.70. The standard InChI is InChI=1S/C35H33N3O4/c1-4-29(38-33(40)27-20-11-12-21-28(27)34(38)41)35(42)37(22-25-16-7-5-8-17-25)31(26-18-9-6-10-19-26)32(39)36-30-23(2)14-13-15-24(30)3/h5-21,29,31H,4,22H2,1-3H3,(H,36,39)/t29-,31-/m0/s1. The zero-order valence-electron chi connectivity index (χ0n) is 23.9. The Hall–Kier alpha value is -5.04. The summed E-state index contributed by atoms with van der Waals surface area (Å²) >= 11 is 0. The minimum atomic E-state index is -1.10. The molecule has 7 nitrogen and oxygen atoms in total. The Balaban J connectivity index is 1.59. The van der Waals surface area contributed by atoms with Crippen molar-refractivity contribution in [1.82, 2.24) is 9.80 Å². The molecule has 0 saturated carbocycles. The predicted molar refractivity (Wildman–Crippen MR) is 162 cm³/mol. The molecule has 1 heterocycles. The molecule has 0 fully saturated rings. The van der Waals surface area contributed by atoms with E-state index in [1.807, 2.05) is 92.7 Å². The van der Waals surface area contributed by atoms with E-state index < -0.39 is 29.8 Å². The van der Waals surface area contributed by atoms with Gasteiger partial charge in [0.1, 0.15) is 12.1 Å². The maximum absolute atomic E-state index is 14.6. The average Bonchev–Trinajstić information content (AvgIpc) is 3.25. The SMILES string of the molecule is CC[C@@H](C(=O)N(Cc1ccccc1)[C@H](C(=O)Nc1c(C)cccc1C)c1ccccc1)N1C(=O)c2ccccc2C1=O. The van der Waals surface area contributed by atoms with Crippen LogP contribution in [-0.4, -0.2) is 39.5 Å². The Morgan fingerprint density at radius 2 is 1.26 bits per heavy atom. The van der Waals surface area contributed by atoms with Crippen molar-refractivity contribution in [2.45, 2.75) is 45.8 Å². The summed E-state index contributed by atoms with van der Waals surface area (Å²) in [5, 5.41) is 3.08. The monoisotopic (exact) mass is 559 g/mol. The highest BCUT2D eigenvalue weighted by atomic mass is 16.2. The summed E-state index contributed by atoms with van der Waals surface area (Å²) in [7, 11) is 0. The summed E-state index contributed by atoms with van der Waals surface area (Å²) in [6.07, 6.45) is 0.190. The molecule has 1 aliphatic rings. The van der Waals surface area contributed by atoms with E-state index in [2.05, 4.69) is 5.32 Å². The number of nitrogens with one attached hydrogen (secondary N) is 1. The molecule has 4 aromatic carbocycles. The van der Waals surface area contributed by atoms with E-state index in [0.717, 1.165) is 21.6 Å². The van der Waals surface area contributed by atoms with Crippen molar-refractivity contribution in [2.24, 2.45) is 0 Å². The molecule has 0 unspecified atom stereocenters. The molecule has 4 aromatic rings. The van der Waals surface area contributed by atoms with Crippen molar-refractivity contribution >= 4 is 29.3 Å². The maximum atomic E-state index is 14.6. The minimum absolute atomic E-state index is 0.0963. The van der Waals surface area contributed by atoms with Gasteiger partial charge in [0.2, 0.25) is 5.91 Å². The number of anilines is 1. The molecule has 0 radical (unpaired) electrons. The van der Waals surface area contributed by atoms with E-state index in [4.69, 9.17) is 0 Å². The smallest absolute Gasteiger partial charge is 0.262 e. The fourth-order valence-corrected chi connectivity index (χ4v) is 5.54. The molecule has 2 atom stereocenters. The second-order valence-electron chi connectivity index (χ2n) is 10.5. The second-order valence-corrected chi connectivity index (χ2v) is 10.5. The first kappa shape index (κ1) is 28.5. The summed E-state index contributed by atoms with van der Waals surface area (Å²) < 4.78 is 0. The van der Waals surface area contributed by atoms with Crippen LogP contribution in [0, 0.1) is 13.8 Å². The first-order valence-corrected chi connectivity index (χ1v) is 14.0. The van der Waals surface area contributed by atoms with Crippen LogP contribution in [0.3, 0.4) is 0 Å². The minimum Gasteiger partial charge on any atom is -0.323 e. The third-order valence-corrected chi connectivity index (χ3v) is 7.69. The Morgan fingerprint density at radius 1 is 0.738 bits per heavy atom. The van der Waals surface area contributed by atoms with Gasteiger partial charge in [0.25, 0.3) is 17.7 Å². The van der Waals surface area contributed by atoms with Crippen LogP contribution in [0.4, 0.5) is 5.69 Å². The number of fused-ring (bicyclic) bond motifs is 1. The third kappa shape index (κ3) is 5.46. The molecule has 0 saturated heterocycles. The van der Waals surface area contributed by atoms with Crippen molar-refractivity contribution < 1.29 is 19.2 Å². The molecule has 1 aliphatic heterocycles. The molecular formula is C35H33N3O4. The van der Waals surface area contributed by atoms with Gasteiger partial charge in [-0.1, -0.05) is 97.9 Å². The Kier molecular flexibility index (Phi) is 8.29. The average molecular weight is 560 g/mol. The van der Waals surface area contributed by atoms with Gasteiger partial charge in [0, 0.05) is 12.2 Å². The fourth-order valence-electron chi connectivity index (χ4n) is 5.54. The summed E-state index contributed by atoms with van der Waals surface area (Å²) in [5.74, 6) is -1.89. The van der Waals surface area contributed by atoms with E-state index in [-0.39, 0.29) is 30.0 Å². The van der Waals surface area contributed by atoms with Crippen molar-refractivity contribution in [2.75, 3.05) is 5.32 Å². The zero-order valence-corrected chi connectivity index (χ0v) is 23.9. The Bertz CT molecular complexity index is 1580. The summed E-state index contributed by atoms with van der Waals surface area (Å²) in [4.78, 5) is 58.3. The lowest BCUT2D eigenvalue weighted by Crippen LogP contribution is -2.53. The van der Waals surface area contributed by atoms with Crippen LogP contribution >= 0.6 is 0 Å². The van der Waals surface area contributed by atoms with E-state index in [1.165, 1.54) is 4.90 Å². The molecule has 1 N–H and O–H groups in total. The lowest BCUT2D eigenvalue weighted by Gasteiger charge is -2.36. The van der Waals surface area contributed by atoms with Crippen LogP contribution in [0.15, 0.2) is 103 Å². The number of rotatable bonds is 9. The van der Waals surface area contributed by atoms with E-state index in [1.54, 1.807) is 31.2 Å². The third-order valence-electron chi connectivity index (χ3n) is 7.69. The number of hydrogen-bond donors (Lipinski definition) is 1. The molecular weight excluding hydrogens is 526 g/mol. The molecule has 0 spiro atoms. The molecule has 4 amide bonds. The van der Waals surface area contributed by atoms with Gasteiger partial charge in [-0.05, 0) is 54.7 Å². The number of hydrogen-bond acceptors (Lipinski definition) is 4. The van der Waals surface area contributed by atoms with Crippen LogP contribution in [0.1, 0.15) is 62.4 Å². The predicted octanol–water partition coefficient (Wildman–Crippen LogP) is 6.09. The highest BCUT2D eigenvalue weighted by Crippen LogP contribution is 2.31. The van der Waals surface area contributed by atoms with Crippen molar-refractivity contribution in [3.05, 3.63) is 137 Å². The summed E-state index contributed by atoms with van der Waals surface area (Å²) in [5.41, 5.74) is 4.45. The van der Waals surface area contributed by atoms with Crippen molar-refractivity contribution in [3.8, 4) is 0 Å².